The maximum Gasteiger partial charge on any atom is 0.449 e. The van der Waals surface area contributed by atoms with Crippen LogP contribution in [0.2, 0.25) is 0 Å². The quantitative estimate of drug-likeness (QED) is 0.709. The summed E-state index contributed by atoms with van der Waals surface area (Å²) in [4.78, 5) is 7.70. The summed E-state index contributed by atoms with van der Waals surface area (Å²) in [5, 5.41) is 0. The second-order valence-electron chi connectivity index (χ2n) is 5.59. The molecule has 0 atom stereocenters. The lowest BCUT2D eigenvalue weighted by Gasteiger charge is -2.10. The highest BCUT2D eigenvalue weighted by Gasteiger charge is 2.37. The number of sulfone groups is 1. The van der Waals surface area contributed by atoms with Crippen molar-refractivity contribution >= 4 is 20.9 Å². The Morgan fingerprint density at radius 3 is 2.40 bits per heavy atom. The van der Waals surface area contributed by atoms with Crippen LogP contribution in [0.4, 0.5) is 13.2 Å². The molecule has 3 rings (SSSR count). The molecule has 0 N–H and O–H groups in total. The van der Waals surface area contributed by atoms with Crippen molar-refractivity contribution in [1.29, 1.82) is 0 Å². The molecule has 0 radical (unpaired) electrons. The minimum atomic E-state index is -4.64. The lowest BCUT2D eigenvalue weighted by molar-refractivity contribution is -0.146. The van der Waals surface area contributed by atoms with E-state index in [0.29, 0.717) is 5.82 Å². The van der Waals surface area contributed by atoms with Crippen molar-refractivity contribution in [1.82, 2.24) is 19.1 Å². The molecule has 0 aliphatic carbocycles. The summed E-state index contributed by atoms with van der Waals surface area (Å²) in [7, 11) is -0.797. The van der Waals surface area contributed by atoms with Crippen LogP contribution < -0.4 is 0 Å². The topological polar surface area (TPSA) is 69.8 Å². The lowest BCUT2D eigenvalue weighted by Crippen LogP contribution is -2.12. The number of aromatic nitrogens is 4. The molecule has 0 aliphatic rings. The minimum absolute atomic E-state index is 0.0582. The Labute approximate surface area is 141 Å². The van der Waals surface area contributed by atoms with Gasteiger partial charge in [0.05, 0.1) is 21.7 Å². The largest absolute Gasteiger partial charge is 0.449 e. The van der Waals surface area contributed by atoms with Gasteiger partial charge in [0.2, 0.25) is 5.82 Å². The Bertz CT molecular complexity index is 1060. The maximum absolute atomic E-state index is 13.1. The number of aryl methyl sites for hydroxylation is 2. The van der Waals surface area contributed by atoms with Gasteiger partial charge < -0.3 is 9.13 Å². The van der Waals surface area contributed by atoms with Crippen LogP contribution in [-0.4, -0.2) is 33.3 Å². The zero-order valence-electron chi connectivity index (χ0n) is 13.7. The maximum atomic E-state index is 13.1. The molecule has 3 aromatic rings. The van der Waals surface area contributed by atoms with Gasteiger partial charge in [-0.15, -0.1) is 0 Å². The van der Waals surface area contributed by atoms with E-state index in [4.69, 9.17) is 0 Å². The summed E-state index contributed by atoms with van der Waals surface area (Å²) in [5.74, 6) is -0.924. The third kappa shape index (κ3) is 2.80. The van der Waals surface area contributed by atoms with Crippen LogP contribution in [0.1, 0.15) is 12.7 Å². The minimum Gasteiger partial charge on any atom is -0.334 e. The van der Waals surface area contributed by atoms with E-state index in [1.165, 1.54) is 32.3 Å². The molecule has 1 aromatic carbocycles. The standard InChI is InChI=1S/C15H15F3N4O2S/c1-4-25(23,24)12-8-11-10(20-14(22(11)3)15(16,17)18)7-9(12)13-19-5-6-21(13)2/h5-8H,4H2,1-3H3. The summed E-state index contributed by atoms with van der Waals surface area (Å²) < 4.78 is 66.8. The fraction of sp³-hybridized carbons (Fsp3) is 0.333. The average Bonchev–Trinajstić information content (AvgIpc) is 3.09. The van der Waals surface area contributed by atoms with Gasteiger partial charge in [-0.3, -0.25) is 0 Å². The molecule has 0 unspecified atom stereocenters. The molecule has 0 fully saturated rings. The van der Waals surface area contributed by atoms with E-state index in [2.05, 4.69) is 9.97 Å². The summed E-state index contributed by atoms with van der Waals surface area (Å²) in [5.41, 5.74) is 0.383. The number of alkyl halides is 3. The molecular weight excluding hydrogens is 357 g/mol. The van der Waals surface area contributed by atoms with Crippen LogP contribution in [0.25, 0.3) is 22.4 Å². The van der Waals surface area contributed by atoms with E-state index >= 15 is 0 Å². The van der Waals surface area contributed by atoms with Crippen molar-refractivity contribution in [3.8, 4) is 11.4 Å². The van der Waals surface area contributed by atoms with Crippen LogP contribution in [0.15, 0.2) is 29.4 Å². The summed E-state index contributed by atoms with van der Waals surface area (Å²) in [6.45, 7) is 1.48. The Morgan fingerprint density at radius 2 is 1.88 bits per heavy atom. The molecule has 0 bridgehead atoms. The van der Waals surface area contributed by atoms with Crippen molar-refractivity contribution in [2.24, 2.45) is 14.1 Å². The SMILES string of the molecule is CCS(=O)(=O)c1cc2c(cc1-c1nccn1C)nc(C(F)(F)F)n2C. The van der Waals surface area contributed by atoms with E-state index in [-0.39, 0.29) is 27.2 Å². The van der Waals surface area contributed by atoms with E-state index in [1.54, 1.807) is 17.8 Å². The van der Waals surface area contributed by atoms with Crippen molar-refractivity contribution < 1.29 is 21.6 Å². The molecule has 2 heterocycles. The van der Waals surface area contributed by atoms with Gasteiger partial charge in [0.1, 0.15) is 5.82 Å². The first-order valence-electron chi connectivity index (χ1n) is 7.34. The van der Waals surface area contributed by atoms with Crippen LogP contribution in [-0.2, 0) is 30.1 Å². The van der Waals surface area contributed by atoms with Crippen LogP contribution >= 0.6 is 0 Å². The molecule has 25 heavy (non-hydrogen) atoms. The number of benzene rings is 1. The second kappa shape index (κ2) is 5.58. The van der Waals surface area contributed by atoms with Crippen LogP contribution in [0.5, 0.6) is 0 Å². The highest BCUT2D eigenvalue weighted by atomic mass is 32.2. The number of hydrogen-bond donors (Lipinski definition) is 0. The highest BCUT2D eigenvalue weighted by Crippen LogP contribution is 2.35. The summed E-state index contributed by atoms with van der Waals surface area (Å²) in [6, 6.07) is 2.58. The monoisotopic (exact) mass is 372 g/mol. The van der Waals surface area contributed by atoms with E-state index in [1.807, 2.05) is 0 Å². The first-order valence-corrected chi connectivity index (χ1v) is 8.99. The van der Waals surface area contributed by atoms with E-state index < -0.39 is 21.8 Å². The number of nitrogens with zero attached hydrogens (tertiary/aromatic N) is 4. The zero-order chi connectivity index (χ0) is 18.6. The van der Waals surface area contributed by atoms with Gasteiger partial charge >= 0.3 is 6.18 Å². The Balaban J connectivity index is 2.42. The van der Waals surface area contributed by atoms with Gasteiger partial charge in [-0.25, -0.2) is 18.4 Å². The van der Waals surface area contributed by atoms with E-state index in [9.17, 15) is 21.6 Å². The molecule has 0 amide bonds. The van der Waals surface area contributed by atoms with Crippen LogP contribution in [0, 0.1) is 0 Å². The molecule has 134 valence electrons. The summed E-state index contributed by atoms with van der Waals surface area (Å²) >= 11 is 0. The third-order valence-corrected chi connectivity index (χ3v) is 5.78. The third-order valence-electron chi connectivity index (χ3n) is 4.01. The fourth-order valence-electron chi connectivity index (χ4n) is 2.69. The number of hydrogen-bond acceptors (Lipinski definition) is 4. The van der Waals surface area contributed by atoms with Gasteiger partial charge in [-0.2, -0.15) is 13.2 Å². The first-order chi connectivity index (χ1) is 11.6. The Kier molecular flexibility index (Phi) is 3.90. The molecule has 0 saturated carbocycles. The molecule has 10 heteroatoms. The number of rotatable bonds is 3. The van der Waals surface area contributed by atoms with Gasteiger partial charge in [0.25, 0.3) is 0 Å². The van der Waals surface area contributed by atoms with Crippen molar-refractivity contribution in [3.05, 3.63) is 30.4 Å². The molecule has 2 aromatic heterocycles. The fourth-order valence-corrected chi connectivity index (χ4v) is 3.77. The molecule has 0 spiro atoms. The number of fused-ring (bicyclic) bond motifs is 1. The normalized spacial score (nSPS) is 12.9. The first kappa shape index (κ1) is 17.5. The highest BCUT2D eigenvalue weighted by molar-refractivity contribution is 7.91. The lowest BCUT2D eigenvalue weighted by atomic mass is 10.2. The number of imidazole rings is 2. The van der Waals surface area contributed by atoms with Crippen molar-refractivity contribution in [2.45, 2.75) is 18.0 Å². The molecule has 0 aliphatic heterocycles. The molecular formula is C15H15F3N4O2S. The molecule has 0 saturated heterocycles. The zero-order valence-corrected chi connectivity index (χ0v) is 14.5. The van der Waals surface area contributed by atoms with Gasteiger partial charge in [0.15, 0.2) is 9.84 Å². The number of halogens is 3. The van der Waals surface area contributed by atoms with Crippen LogP contribution in [0.3, 0.4) is 0 Å². The van der Waals surface area contributed by atoms with Gasteiger partial charge in [0, 0.05) is 32.1 Å². The Hall–Kier alpha value is -2.36. The molecule has 6 nitrogen and oxygen atoms in total. The average molecular weight is 372 g/mol. The summed E-state index contributed by atoms with van der Waals surface area (Å²) in [6.07, 6.45) is -1.52. The van der Waals surface area contributed by atoms with Crippen molar-refractivity contribution in [3.63, 3.8) is 0 Å². The Morgan fingerprint density at radius 1 is 1.20 bits per heavy atom. The second-order valence-corrected chi connectivity index (χ2v) is 7.84. The van der Waals surface area contributed by atoms with Gasteiger partial charge in [-0.05, 0) is 12.1 Å². The van der Waals surface area contributed by atoms with Gasteiger partial charge in [-0.1, -0.05) is 6.92 Å². The predicted octanol–water partition coefficient (Wildman–Crippen LogP) is 2.79. The van der Waals surface area contributed by atoms with Crippen molar-refractivity contribution in [2.75, 3.05) is 5.75 Å². The van der Waals surface area contributed by atoms with E-state index in [0.717, 1.165) is 4.57 Å². The predicted molar refractivity (Wildman–Crippen MR) is 85.6 cm³/mol. The smallest absolute Gasteiger partial charge is 0.334 e.